The fourth-order valence-corrected chi connectivity index (χ4v) is 1.86. The highest BCUT2D eigenvalue weighted by atomic mass is 19.1. The van der Waals surface area contributed by atoms with Gasteiger partial charge in [0.05, 0.1) is 0 Å². The lowest BCUT2D eigenvalue weighted by molar-refractivity contribution is 0.0954. The number of carbonyl (C=O) groups is 1. The van der Waals surface area contributed by atoms with Gasteiger partial charge < -0.3 is 10.2 Å². The summed E-state index contributed by atoms with van der Waals surface area (Å²) >= 11 is 0. The Bertz CT molecular complexity index is 560. The summed E-state index contributed by atoms with van der Waals surface area (Å²) in [5, 5.41) is 0.616. The first kappa shape index (κ1) is 12.8. The largest absolute Gasteiger partial charge is 0.453 e. The van der Waals surface area contributed by atoms with Crippen LogP contribution in [0.3, 0.4) is 0 Å². The zero-order chi connectivity index (χ0) is 13.1. The first-order chi connectivity index (χ1) is 8.56. The molecule has 18 heavy (non-hydrogen) atoms. The monoisotopic (exact) mass is 249 g/mol. The van der Waals surface area contributed by atoms with Crippen molar-refractivity contribution in [3.8, 4) is 0 Å². The summed E-state index contributed by atoms with van der Waals surface area (Å²) < 4.78 is 18.4. The molecule has 96 valence electrons. The Morgan fingerprint density at radius 3 is 2.94 bits per heavy atom. The number of furan rings is 1. The van der Waals surface area contributed by atoms with Crippen LogP contribution in [0.15, 0.2) is 28.7 Å². The van der Waals surface area contributed by atoms with Crippen LogP contribution in [-0.2, 0) is 0 Å². The molecule has 0 saturated carbocycles. The van der Waals surface area contributed by atoms with Gasteiger partial charge in [0.15, 0.2) is 11.5 Å². The number of hydrogen-bond acceptors (Lipinski definition) is 3. The van der Waals surface area contributed by atoms with E-state index in [-0.39, 0.29) is 17.6 Å². The van der Waals surface area contributed by atoms with E-state index < -0.39 is 0 Å². The van der Waals surface area contributed by atoms with E-state index in [1.165, 1.54) is 18.2 Å². The highest BCUT2D eigenvalue weighted by Gasteiger charge is 2.12. The first-order valence-corrected chi connectivity index (χ1v) is 6.04. The van der Waals surface area contributed by atoms with Crippen molar-refractivity contribution in [2.45, 2.75) is 32.2 Å². The van der Waals surface area contributed by atoms with Crippen LogP contribution in [-0.4, -0.2) is 11.8 Å². The number of rotatable bonds is 5. The van der Waals surface area contributed by atoms with Crippen LogP contribution >= 0.6 is 0 Å². The number of benzene rings is 1. The molecule has 3 nitrogen and oxygen atoms in total. The molecular weight excluding hydrogens is 233 g/mol. The van der Waals surface area contributed by atoms with Crippen LogP contribution in [0, 0.1) is 5.82 Å². The van der Waals surface area contributed by atoms with Crippen molar-refractivity contribution in [2.24, 2.45) is 5.73 Å². The quantitative estimate of drug-likeness (QED) is 0.827. The van der Waals surface area contributed by atoms with E-state index in [1.807, 2.05) is 6.92 Å². The second kappa shape index (κ2) is 5.31. The fourth-order valence-electron chi connectivity index (χ4n) is 1.86. The van der Waals surface area contributed by atoms with Crippen molar-refractivity contribution in [3.05, 3.63) is 35.8 Å². The van der Waals surface area contributed by atoms with Gasteiger partial charge >= 0.3 is 0 Å². The van der Waals surface area contributed by atoms with Crippen molar-refractivity contribution in [3.63, 3.8) is 0 Å². The Morgan fingerprint density at radius 2 is 2.22 bits per heavy atom. The fraction of sp³-hybridized carbons (Fsp3) is 0.357. The predicted molar refractivity (Wildman–Crippen MR) is 68.0 cm³/mol. The highest BCUT2D eigenvalue weighted by molar-refractivity contribution is 5.97. The number of nitrogens with two attached hydrogens (primary N) is 1. The Labute approximate surface area is 105 Å². The normalized spacial score (nSPS) is 12.8. The minimum absolute atomic E-state index is 0.0627. The lowest BCUT2D eigenvalue weighted by Gasteiger charge is -2.02. The summed E-state index contributed by atoms with van der Waals surface area (Å²) in [5.41, 5.74) is 6.15. The molecule has 1 heterocycles. The summed E-state index contributed by atoms with van der Waals surface area (Å²) in [4.78, 5) is 11.9. The molecule has 2 aromatic rings. The van der Waals surface area contributed by atoms with Gasteiger partial charge in [-0.3, -0.25) is 4.79 Å². The van der Waals surface area contributed by atoms with E-state index in [9.17, 15) is 9.18 Å². The highest BCUT2D eigenvalue weighted by Crippen LogP contribution is 2.21. The molecule has 0 fully saturated rings. The molecular formula is C14H16FNO2. The minimum atomic E-state index is -0.334. The smallest absolute Gasteiger partial charge is 0.198 e. The van der Waals surface area contributed by atoms with E-state index in [1.54, 1.807) is 6.07 Å². The third kappa shape index (κ3) is 2.96. The van der Waals surface area contributed by atoms with Gasteiger partial charge in [0.25, 0.3) is 0 Å². The average molecular weight is 249 g/mol. The van der Waals surface area contributed by atoms with Crippen molar-refractivity contribution >= 4 is 16.8 Å². The zero-order valence-corrected chi connectivity index (χ0v) is 10.3. The summed E-state index contributed by atoms with van der Waals surface area (Å²) in [6.07, 6.45) is 1.95. The Hall–Kier alpha value is -1.68. The maximum absolute atomic E-state index is 13.0. The lowest BCUT2D eigenvalue weighted by Crippen LogP contribution is -2.14. The zero-order valence-electron chi connectivity index (χ0n) is 10.3. The maximum atomic E-state index is 13.0. The van der Waals surface area contributed by atoms with Gasteiger partial charge in [-0.05, 0) is 44.0 Å². The molecule has 1 atom stereocenters. The SMILES string of the molecule is CC(N)CCCC(=O)c1cc2cc(F)ccc2o1. The van der Waals surface area contributed by atoms with Crippen LogP contribution in [0.2, 0.25) is 0 Å². The lowest BCUT2D eigenvalue weighted by atomic mass is 10.1. The standard InChI is InChI=1S/C14H16FNO2/c1-9(16)3-2-4-12(17)14-8-10-7-11(15)5-6-13(10)18-14/h5-9H,2-4,16H2,1H3. The van der Waals surface area contributed by atoms with Crippen molar-refractivity contribution < 1.29 is 13.6 Å². The second-order valence-electron chi connectivity index (χ2n) is 4.59. The molecule has 0 spiro atoms. The van der Waals surface area contributed by atoms with Gasteiger partial charge in [-0.2, -0.15) is 0 Å². The van der Waals surface area contributed by atoms with Gasteiger partial charge in [-0.25, -0.2) is 4.39 Å². The van der Waals surface area contributed by atoms with Crippen LogP contribution in [0.25, 0.3) is 11.0 Å². The maximum Gasteiger partial charge on any atom is 0.198 e. The molecule has 1 aromatic heterocycles. The molecule has 1 unspecified atom stereocenters. The second-order valence-corrected chi connectivity index (χ2v) is 4.59. The molecule has 4 heteroatoms. The van der Waals surface area contributed by atoms with Gasteiger partial charge in [-0.1, -0.05) is 0 Å². The molecule has 0 aliphatic rings. The van der Waals surface area contributed by atoms with E-state index in [0.717, 1.165) is 12.8 Å². The predicted octanol–water partition coefficient (Wildman–Crippen LogP) is 3.27. The molecule has 0 bridgehead atoms. The number of carbonyl (C=O) groups excluding carboxylic acids is 1. The van der Waals surface area contributed by atoms with Crippen molar-refractivity contribution in [1.82, 2.24) is 0 Å². The number of halogens is 1. The summed E-state index contributed by atoms with van der Waals surface area (Å²) in [5.74, 6) is -0.105. The van der Waals surface area contributed by atoms with E-state index in [2.05, 4.69) is 0 Å². The molecule has 0 amide bonds. The van der Waals surface area contributed by atoms with Gasteiger partial charge in [0.1, 0.15) is 11.4 Å². The van der Waals surface area contributed by atoms with Gasteiger partial charge in [-0.15, -0.1) is 0 Å². The van der Waals surface area contributed by atoms with E-state index >= 15 is 0 Å². The molecule has 0 saturated heterocycles. The number of hydrogen-bond donors (Lipinski definition) is 1. The molecule has 2 N–H and O–H groups in total. The molecule has 2 rings (SSSR count). The topological polar surface area (TPSA) is 56.2 Å². The summed E-state index contributed by atoms with van der Waals surface area (Å²) in [6.45, 7) is 1.91. The first-order valence-electron chi connectivity index (χ1n) is 6.04. The Kier molecular flexibility index (Phi) is 3.77. The van der Waals surface area contributed by atoms with Gasteiger partial charge in [0.2, 0.25) is 0 Å². The van der Waals surface area contributed by atoms with Crippen molar-refractivity contribution in [2.75, 3.05) is 0 Å². The van der Waals surface area contributed by atoms with Crippen molar-refractivity contribution in [1.29, 1.82) is 0 Å². The van der Waals surface area contributed by atoms with Crippen LogP contribution in [0.5, 0.6) is 0 Å². The third-order valence-corrected chi connectivity index (χ3v) is 2.82. The third-order valence-electron chi connectivity index (χ3n) is 2.82. The molecule has 1 aromatic carbocycles. The van der Waals surface area contributed by atoms with Crippen LogP contribution < -0.4 is 5.73 Å². The molecule has 0 radical (unpaired) electrons. The van der Waals surface area contributed by atoms with Crippen LogP contribution in [0.4, 0.5) is 4.39 Å². The van der Waals surface area contributed by atoms with E-state index in [0.29, 0.717) is 23.2 Å². The van der Waals surface area contributed by atoms with E-state index in [4.69, 9.17) is 10.2 Å². The van der Waals surface area contributed by atoms with Gasteiger partial charge in [0, 0.05) is 17.8 Å². The summed E-state index contributed by atoms with van der Waals surface area (Å²) in [7, 11) is 0. The number of ketones is 1. The average Bonchev–Trinajstić information content (AvgIpc) is 2.71. The Balaban J connectivity index is 2.08. The number of Topliss-reactive ketones (excluding diaryl/α,β-unsaturated/α-hetero) is 1. The molecule has 0 aliphatic heterocycles. The van der Waals surface area contributed by atoms with Crippen LogP contribution in [0.1, 0.15) is 36.7 Å². The molecule has 0 aliphatic carbocycles. The minimum Gasteiger partial charge on any atom is -0.453 e. The Morgan fingerprint density at radius 1 is 1.44 bits per heavy atom. The summed E-state index contributed by atoms with van der Waals surface area (Å²) in [6, 6.07) is 5.90. The number of fused-ring (bicyclic) bond motifs is 1.